The summed E-state index contributed by atoms with van der Waals surface area (Å²) in [6.45, 7) is 7.24. The fraction of sp³-hybridized carbons (Fsp3) is 0.421. The minimum Gasteiger partial charge on any atom is -0.491 e. The Labute approximate surface area is 171 Å². The molecule has 3 N–H and O–H groups in total. The summed E-state index contributed by atoms with van der Waals surface area (Å²) < 4.78 is 32.9. The number of aliphatic imine (C=N–C) groups is 1. The maximum Gasteiger partial charge on any atom is 0.250 e. The molecule has 0 spiro atoms. The van der Waals surface area contributed by atoms with Crippen molar-refractivity contribution in [3.63, 3.8) is 0 Å². The van der Waals surface area contributed by atoms with E-state index >= 15 is 0 Å². The summed E-state index contributed by atoms with van der Waals surface area (Å²) in [4.78, 5) is 4.17. The van der Waals surface area contributed by atoms with Crippen LogP contribution in [0.4, 0.5) is 0 Å². The molecule has 2 aromatic rings. The Balaban J connectivity index is 1.84. The first-order valence-corrected chi connectivity index (χ1v) is 11.4. The molecule has 0 saturated carbocycles. The second-order valence-electron chi connectivity index (χ2n) is 6.46. The molecule has 0 radical (unpaired) electrons. The monoisotopic (exact) mass is 424 g/mol. The Morgan fingerprint density at radius 2 is 2.00 bits per heavy atom. The topological polar surface area (TPSA) is 91.8 Å². The molecule has 0 fully saturated rings. The van der Waals surface area contributed by atoms with E-state index in [0.717, 1.165) is 16.9 Å². The van der Waals surface area contributed by atoms with E-state index in [0.29, 0.717) is 23.3 Å². The van der Waals surface area contributed by atoms with Crippen LogP contribution in [-0.2, 0) is 16.6 Å². The van der Waals surface area contributed by atoms with Crippen LogP contribution in [0.1, 0.15) is 25.0 Å². The quantitative estimate of drug-likeness (QED) is 0.327. The predicted molar refractivity (Wildman–Crippen MR) is 115 cm³/mol. The highest BCUT2D eigenvalue weighted by molar-refractivity contribution is 7.91. The number of nitrogens with zero attached hydrogens (tertiary/aromatic N) is 1. The molecule has 1 aromatic heterocycles. The average Bonchev–Trinajstić information content (AvgIpc) is 3.17. The summed E-state index contributed by atoms with van der Waals surface area (Å²) in [5, 5.41) is 8.07. The highest BCUT2D eigenvalue weighted by Crippen LogP contribution is 2.21. The van der Waals surface area contributed by atoms with Crippen LogP contribution in [0.15, 0.2) is 44.9 Å². The van der Waals surface area contributed by atoms with E-state index in [1.165, 1.54) is 11.3 Å². The number of rotatable bonds is 9. The fourth-order valence-electron chi connectivity index (χ4n) is 2.42. The van der Waals surface area contributed by atoms with Crippen LogP contribution in [0.5, 0.6) is 5.75 Å². The number of ether oxygens (including phenoxy) is 1. The minimum atomic E-state index is -3.45. The van der Waals surface area contributed by atoms with Crippen LogP contribution < -0.4 is 20.1 Å². The first-order chi connectivity index (χ1) is 13.3. The zero-order valence-corrected chi connectivity index (χ0v) is 18.3. The van der Waals surface area contributed by atoms with Gasteiger partial charge in [-0.1, -0.05) is 18.2 Å². The van der Waals surface area contributed by atoms with Gasteiger partial charge in [-0.25, -0.2) is 13.1 Å². The van der Waals surface area contributed by atoms with Gasteiger partial charge >= 0.3 is 0 Å². The van der Waals surface area contributed by atoms with Gasteiger partial charge in [0.1, 0.15) is 9.96 Å². The van der Waals surface area contributed by atoms with E-state index < -0.39 is 10.0 Å². The molecular weight excluding hydrogens is 396 g/mol. The Morgan fingerprint density at radius 3 is 2.64 bits per heavy atom. The fourth-order valence-corrected chi connectivity index (χ4v) is 4.49. The molecule has 0 amide bonds. The van der Waals surface area contributed by atoms with Crippen molar-refractivity contribution in [2.24, 2.45) is 4.99 Å². The van der Waals surface area contributed by atoms with Gasteiger partial charge in [-0.05, 0) is 43.8 Å². The third-order valence-electron chi connectivity index (χ3n) is 3.72. The molecular formula is C19H28N4O3S2. The second kappa shape index (κ2) is 10.4. The number of guanidine groups is 1. The number of hydrogen-bond acceptors (Lipinski definition) is 5. The molecule has 28 heavy (non-hydrogen) atoms. The van der Waals surface area contributed by atoms with Crippen molar-refractivity contribution < 1.29 is 13.2 Å². The first kappa shape index (κ1) is 22.2. The first-order valence-electron chi connectivity index (χ1n) is 9.05. The summed E-state index contributed by atoms with van der Waals surface area (Å²) in [6, 6.07) is 9.39. The Kier molecular flexibility index (Phi) is 8.28. The number of aryl methyl sites for hydroxylation is 1. The van der Waals surface area contributed by atoms with Gasteiger partial charge in [-0.2, -0.15) is 0 Å². The van der Waals surface area contributed by atoms with Crippen LogP contribution in [0, 0.1) is 6.92 Å². The molecule has 0 unspecified atom stereocenters. The van der Waals surface area contributed by atoms with Crippen LogP contribution in [0.3, 0.4) is 0 Å². The second-order valence-corrected chi connectivity index (χ2v) is 9.40. The summed E-state index contributed by atoms with van der Waals surface area (Å²) >= 11 is 1.19. The molecule has 154 valence electrons. The van der Waals surface area contributed by atoms with Gasteiger partial charge in [0.15, 0.2) is 5.96 Å². The van der Waals surface area contributed by atoms with Gasteiger partial charge in [0, 0.05) is 32.2 Å². The maximum atomic E-state index is 12.1. The summed E-state index contributed by atoms with van der Waals surface area (Å²) in [5.74, 6) is 1.44. The zero-order valence-electron chi connectivity index (χ0n) is 16.7. The van der Waals surface area contributed by atoms with E-state index in [4.69, 9.17) is 4.74 Å². The van der Waals surface area contributed by atoms with Gasteiger partial charge in [-0.3, -0.25) is 4.99 Å². The van der Waals surface area contributed by atoms with E-state index in [2.05, 4.69) is 20.3 Å². The molecule has 1 heterocycles. The lowest BCUT2D eigenvalue weighted by atomic mass is 10.1. The lowest BCUT2D eigenvalue weighted by Crippen LogP contribution is -2.41. The van der Waals surface area contributed by atoms with Crippen molar-refractivity contribution in [2.45, 2.75) is 37.6 Å². The number of benzene rings is 1. The van der Waals surface area contributed by atoms with E-state index in [-0.39, 0.29) is 12.6 Å². The van der Waals surface area contributed by atoms with Gasteiger partial charge in [0.2, 0.25) is 10.0 Å². The summed E-state index contributed by atoms with van der Waals surface area (Å²) in [5.41, 5.74) is 2.17. The lowest BCUT2D eigenvalue weighted by molar-refractivity contribution is 0.239. The number of sulfonamides is 1. The number of nitrogens with one attached hydrogen (secondary N) is 3. The smallest absolute Gasteiger partial charge is 0.250 e. The van der Waals surface area contributed by atoms with Crippen LogP contribution in [0.25, 0.3) is 0 Å². The Bertz CT molecular complexity index is 879. The van der Waals surface area contributed by atoms with E-state index in [1.807, 2.05) is 39.0 Å². The lowest BCUT2D eigenvalue weighted by Gasteiger charge is -2.17. The molecule has 2 rings (SSSR count). The molecule has 9 heteroatoms. The van der Waals surface area contributed by atoms with Crippen molar-refractivity contribution in [3.05, 3.63) is 46.8 Å². The zero-order chi connectivity index (χ0) is 20.6. The van der Waals surface area contributed by atoms with Crippen molar-refractivity contribution in [1.82, 2.24) is 15.4 Å². The molecule has 0 aliphatic heterocycles. The maximum absolute atomic E-state index is 12.1. The highest BCUT2D eigenvalue weighted by atomic mass is 32.2. The van der Waals surface area contributed by atoms with Crippen LogP contribution in [-0.4, -0.2) is 40.6 Å². The van der Waals surface area contributed by atoms with E-state index in [1.54, 1.807) is 24.6 Å². The average molecular weight is 425 g/mol. The van der Waals surface area contributed by atoms with Gasteiger partial charge < -0.3 is 15.4 Å². The van der Waals surface area contributed by atoms with Crippen LogP contribution in [0.2, 0.25) is 0 Å². The molecule has 0 saturated heterocycles. The SMILES string of the molecule is CN=C(NCCNS(=O)(=O)c1cccs1)NCc1ccc(C)cc1OC(C)C. The highest BCUT2D eigenvalue weighted by Gasteiger charge is 2.14. The molecule has 0 aliphatic rings. The standard InChI is InChI=1S/C19H28N4O3S2/c1-14(2)26-17-12-15(3)7-8-16(17)13-22-19(20-4)21-9-10-23-28(24,25)18-6-5-11-27-18/h5-8,11-12,14,23H,9-10,13H2,1-4H3,(H2,20,21,22). The number of hydrogen-bond donors (Lipinski definition) is 3. The summed E-state index contributed by atoms with van der Waals surface area (Å²) in [7, 11) is -1.77. The molecule has 0 atom stereocenters. The van der Waals surface area contributed by atoms with Crippen LogP contribution >= 0.6 is 11.3 Å². The van der Waals surface area contributed by atoms with Crippen molar-refractivity contribution in [1.29, 1.82) is 0 Å². The molecule has 7 nitrogen and oxygen atoms in total. The summed E-state index contributed by atoms with van der Waals surface area (Å²) in [6.07, 6.45) is 0.0920. The number of thiophene rings is 1. The normalized spacial score (nSPS) is 12.2. The molecule has 0 aliphatic carbocycles. The Hall–Kier alpha value is -2.10. The third-order valence-corrected chi connectivity index (χ3v) is 6.58. The minimum absolute atomic E-state index is 0.0920. The third kappa shape index (κ3) is 6.81. The van der Waals surface area contributed by atoms with Gasteiger partial charge in [0.05, 0.1) is 6.10 Å². The van der Waals surface area contributed by atoms with Crippen molar-refractivity contribution in [3.8, 4) is 5.75 Å². The molecule has 1 aromatic carbocycles. The molecule has 0 bridgehead atoms. The van der Waals surface area contributed by atoms with E-state index in [9.17, 15) is 8.42 Å². The van der Waals surface area contributed by atoms with Crippen molar-refractivity contribution in [2.75, 3.05) is 20.1 Å². The van der Waals surface area contributed by atoms with Gasteiger partial charge in [-0.15, -0.1) is 11.3 Å². The Morgan fingerprint density at radius 1 is 1.21 bits per heavy atom. The van der Waals surface area contributed by atoms with Crippen molar-refractivity contribution >= 4 is 27.3 Å². The largest absolute Gasteiger partial charge is 0.491 e. The van der Waals surface area contributed by atoms with Gasteiger partial charge in [0.25, 0.3) is 0 Å². The predicted octanol–water partition coefficient (Wildman–Crippen LogP) is 2.49.